The third-order valence-electron chi connectivity index (χ3n) is 1.34. The summed E-state index contributed by atoms with van der Waals surface area (Å²) in [6, 6.07) is 0. The molecule has 12 heavy (non-hydrogen) atoms. The monoisotopic (exact) mass is 188 g/mol. The maximum absolute atomic E-state index is 9.75. The lowest BCUT2D eigenvalue weighted by molar-refractivity contribution is 0.321. The van der Waals surface area contributed by atoms with E-state index in [1.165, 1.54) is 19.6 Å². The Hall–Kier alpha value is -0.255. The molecule has 0 bridgehead atoms. The Kier molecular flexibility index (Phi) is 8.80. The van der Waals surface area contributed by atoms with Crippen molar-refractivity contribution in [3.05, 3.63) is 0 Å². The van der Waals surface area contributed by atoms with E-state index < -0.39 is 7.25 Å². The maximum Gasteiger partial charge on any atom is 0.673 e. The van der Waals surface area contributed by atoms with Crippen LogP contribution in [0.15, 0.2) is 0 Å². The van der Waals surface area contributed by atoms with Crippen molar-refractivity contribution in [3.63, 3.8) is 0 Å². The second-order valence-electron chi connectivity index (χ2n) is 2.11. The lowest BCUT2D eigenvalue weighted by atomic mass is 10.3. The number of nitrogens with zero attached hydrogens (tertiary/aromatic N) is 1. The molecular formula is C6H15BF4N-. The zero-order valence-electron chi connectivity index (χ0n) is 7.66. The fourth-order valence-corrected chi connectivity index (χ4v) is 0.671. The minimum absolute atomic E-state index is 1.19. The molecule has 0 saturated carbocycles. The van der Waals surface area contributed by atoms with Gasteiger partial charge in [0, 0.05) is 0 Å². The minimum atomic E-state index is -6.00. The van der Waals surface area contributed by atoms with Crippen molar-refractivity contribution >= 4 is 7.25 Å². The molecule has 0 aromatic rings. The highest BCUT2D eigenvalue weighted by Crippen LogP contribution is 2.06. The first-order valence-corrected chi connectivity index (χ1v) is 3.94. The van der Waals surface area contributed by atoms with E-state index in [0.717, 1.165) is 0 Å². The average molecular weight is 188 g/mol. The van der Waals surface area contributed by atoms with Gasteiger partial charge in [-0.1, -0.05) is 20.8 Å². The van der Waals surface area contributed by atoms with Crippen LogP contribution in [0.3, 0.4) is 0 Å². The fourth-order valence-electron chi connectivity index (χ4n) is 0.671. The van der Waals surface area contributed by atoms with E-state index in [9.17, 15) is 17.3 Å². The summed E-state index contributed by atoms with van der Waals surface area (Å²) in [4.78, 5) is 2.38. The summed E-state index contributed by atoms with van der Waals surface area (Å²) in [5.41, 5.74) is 0. The molecule has 0 spiro atoms. The van der Waals surface area contributed by atoms with Crippen LogP contribution in [0.25, 0.3) is 0 Å². The largest absolute Gasteiger partial charge is 0.673 e. The van der Waals surface area contributed by atoms with E-state index in [1.54, 1.807) is 0 Å². The first-order chi connectivity index (χ1) is 5.35. The fraction of sp³-hybridized carbons (Fsp3) is 1.00. The van der Waals surface area contributed by atoms with E-state index in [2.05, 4.69) is 25.7 Å². The molecule has 0 N–H and O–H groups in total. The molecule has 0 saturated heterocycles. The van der Waals surface area contributed by atoms with Gasteiger partial charge in [0.2, 0.25) is 0 Å². The van der Waals surface area contributed by atoms with Gasteiger partial charge in [-0.3, -0.25) is 0 Å². The standard InChI is InChI=1S/C6H15N.BF4/c1-4-7(5-2)6-3;2-1(3,4)5/h4-6H2,1-3H3;/q;-1. The van der Waals surface area contributed by atoms with Crippen molar-refractivity contribution in [2.75, 3.05) is 19.6 Å². The molecule has 0 aliphatic carbocycles. The predicted octanol–water partition coefficient (Wildman–Crippen LogP) is 2.65. The van der Waals surface area contributed by atoms with Crippen LogP contribution in [0.5, 0.6) is 0 Å². The summed E-state index contributed by atoms with van der Waals surface area (Å²) in [5.74, 6) is 0. The van der Waals surface area contributed by atoms with Gasteiger partial charge < -0.3 is 22.2 Å². The Morgan fingerprint density at radius 1 is 0.833 bits per heavy atom. The van der Waals surface area contributed by atoms with Gasteiger partial charge in [0.25, 0.3) is 0 Å². The topological polar surface area (TPSA) is 3.24 Å². The van der Waals surface area contributed by atoms with Gasteiger partial charge in [0.15, 0.2) is 0 Å². The van der Waals surface area contributed by atoms with Crippen molar-refractivity contribution < 1.29 is 17.3 Å². The number of rotatable bonds is 3. The Balaban J connectivity index is 0. The molecule has 6 heteroatoms. The molecule has 0 aromatic carbocycles. The van der Waals surface area contributed by atoms with Crippen LogP contribution in [-0.4, -0.2) is 31.8 Å². The molecule has 0 rings (SSSR count). The number of hydrogen-bond donors (Lipinski definition) is 0. The smallest absolute Gasteiger partial charge is 0.418 e. The maximum atomic E-state index is 9.75. The van der Waals surface area contributed by atoms with E-state index >= 15 is 0 Å². The van der Waals surface area contributed by atoms with E-state index in [0.29, 0.717) is 0 Å². The molecule has 0 aliphatic rings. The lowest BCUT2D eigenvalue weighted by Gasteiger charge is -2.13. The van der Waals surface area contributed by atoms with Crippen molar-refractivity contribution in [2.24, 2.45) is 0 Å². The van der Waals surface area contributed by atoms with E-state index in [4.69, 9.17) is 0 Å². The van der Waals surface area contributed by atoms with Gasteiger partial charge in [0.05, 0.1) is 0 Å². The van der Waals surface area contributed by atoms with Gasteiger partial charge in [-0.15, -0.1) is 0 Å². The zero-order chi connectivity index (χ0) is 10.2. The summed E-state index contributed by atoms with van der Waals surface area (Å²) in [6.07, 6.45) is 0. The van der Waals surface area contributed by atoms with Crippen molar-refractivity contribution in [2.45, 2.75) is 20.8 Å². The molecule has 0 aliphatic heterocycles. The average Bonchev–Trinajstić information content (AvgIpc) is 1.88. The van der Waals surface area contributed by atoms with Gasteiger partial charge in [-0.2, -0.15) is 0 Å². The summed E-state index contributed by atoms with van der Waals surface area (Å²) < 4.78 is 39.0. The highest BCUT2D eigenvalue weighted by Gasteiger charge is 2.20. The minimum Gasteiger partial charge on any atom is -0.418 e. The first kappa shape index (κ1) is 14.3. The molecule has 0 heterocycles. The zero-order valence-corrected chi connectivity index (χ0v) is 7.66. The highest BCUT2D eigenvalue weighted by atomic mass is 19.5. The van der Waals surface area contributed by atoms with E-state index in [-0.39, 0.29) is 0 Å². The predicted molar refractivity (Wildman–Crippen MR) is 43.6 cm³/mol. The molecule has 0 aromatic heterocycles. The summed E-state index contributed by atoms with van der Waals surface area (Å²) >= 11 is 0. The molecule has 76 valence electrons. The highest BCUT2D eigenvalue weighted by molar-refractivity contribution is 6.50. The SMILES string of the molecule is CCN(CC)CC.F[B-](F)(F)F. The molecule has 0 radical (unpaired) electrons. The van der Waals surface area contributed by atoms with Crippen molar-refractivity contribution in [1.82, 2.24) is 4.90 Å². The van der Waals surface area contributed by atoms with Crippen LogP contribution in [0.4, 0.5) is 17.3 Å². The molecule has 0 atom stereocenters. The van der Waals surface area contributed by atoms with Crippen LogP contribution in [0, 0.1) is 0 Å². The van der Waals surface area contributed by atoms with Crippen molar-refractivity contribution in [1.29, 1.82) is 0 Å². The summed E-state index contributed by atoms with van der Waals surface area (Å²) in [6.45, 7) is 10.1. The molecule has 1 nitrogen and oxygen atoms in total. The third kappa shape index (κ3) is 22.6. The van der Waals surface area contributed by atoms with Gasteiger partial charge in [-0.25, -0.2) is 0 Å². The normalized spacial score (nSPS) is 11.0. The first-order valence-electron chi connectivity index (χ1n) is 3.94. The van der Waals surface area contributed by atoms with E-state index in [1.807, 2.05) is 0 Å². The van der Waals surface area contributed by atoms with Crippen molar-refractivity contribution in [3.8, 4) is 0 Å². The van der Waals surface area contributed by atoms with Crippen LogP contribution < -0.4 is 0 Å². The quantitative estimate of drug-likeness (QED) is 0.486. The molecular weight excluding hydrogens is 173 g/mol. The van der Waals surface area contributed by atoms with Crippen LogP contribution >= 0.6 is 0 Å². The van der Waals surface area contributed by atoms with Gasteiger partial charge >= 0.3 is 7.25 Å². The summed E-state index contributed by atoms with van der Waals surface area (Å²) in [5, 5.41) is 0. The second kappa shape index (κ2) is 7.40. The van der Waals surface area contributed by atoms with Crippen LogP contribution in [0.1, 0.15) is 20.8 Å². The number of halogens is 4. The Morgan fingerprint density at radius 3 is 1.00 bits per heavy atom. The summed E-state index contributed by atoms with van der Waals surface area (Å²) in [7, 11) is -6.00. The molecule has 0 fully saturated rings. The van der Waals surface area contributed by atoms with Gasteiger partial charge in [0.1, 0.15) is 0 Å². The van der Waals surface area contributed by atoms with Crippen LogP contribution in [0.2, 0.25) is 0 Å². The van der Waals surface area contributed by atoms with Gasteiger partial charge in [-0.05, 0) is 19.6 Å². The molecule has 0 unspecified atom stereocenters. The lowest BCUT2D eigenvalue weighted by Crippen LogP contribution is -2.21. The Bertz CT molecular complexity index is 80.5. The Labute approximate surface area is 70.8 Å². The Morgan fingerprint density at radius 2 is 1.00 bits per heavy atom. The third-order valence-corrected chi connectivity index (χ3v) is 1.34. The van der Waals surface area contributed by atoms with Crippen LogP contribution in [-0.2, 0) is 0 Å². The molecule has 0 amide bonds. The second-order valence-corrected chi connectivity index (χ2v) is 2.11. The number of hydrogen-bond acceptors (Lipinski definition) is 1.